The van der Waals surface area contributed by atoms with E-state index in [9.17, 15) is 13.2 Å². The molecule has 0 fully saturated rings. The van der Waals surface area contributed by atoms with E-state index in [1.165, 1.54) is 19.4 Å². The average Bonchev–Trinajstić information content (AvgIpc) is 2.85. The fourth-order valence-electron chi connectivity index (χ4n) is 1.52. The van der Waals surface area contributed by atoms with Gasteiger partial charge >= 0.3 is 22.3 Å². The van der Waals surface area contributed by atoms with Crippen LogP contribution in [0, 0.1) is 13.5 Å². The molecular weight excluding hydrogens is 394 g/mol. The summed E-state index contributed by atoms with van der Waals surface area (Å²) in [5, 5.41) is 3.61. The van der Waals surface area contributed by atoms with Gasteiger partial charge in [-0.1, -0.05) is 11.6 Å². The van der Waals surface area contributed by atoms with E-state index in [0.717, 1.165) is 11.3 Å². The Morgan fingerprint density at radius 3 is 2.76 bits per heavy atom. The fraction of sp³-hybridized carbons (Fsp3) is 0.182. The van der Waals surface area contributed by atoms with Crippen LogP contribution in [0.2, 0.25) is 5.02 Å². The summed E-state index contributed by atoms with van der Waals surface area (Å²) in [6, 6.07) is -1.17. The first kappa shape index (κ1) is 18.6. The molecule has 11 nitrogen and oxygen atoms in total. The van der Waals surface area contributed by atoms with E-state index in [-0.39, 0.29) is 33.5 Å². The van der Waals surface area contributed by atoms with Gasteiger partial charge < -0.3 is 4.74 Å². The highest BCUT2D eigenvalue weighted by Gasteiger charge is 2.20. The van der Waals surface area contributed by atoms with Crippen LogP contribution < -0.4 is 19.5 Å². The molecule has 2 amide bonds. The van der Waals surface area contributed by atoms with Gasteiger partial charge in [0.2, 0.25) is 5.95 Å². The van der Waals surface area contributed by atoms with Gasteiger partial charge in [0.1, 0.15) is 5.82 Å². The third-order valence-corrected chi connectivity index (χ3v) is 4.65. The predicted octanol–water partition coefficient (Wildman–Crippen LogP) is 1.93. The topological polar surface area (TPSA) is 140 Å². The second-order valence-corrected chi connectivity index (χ2v) is 6.91. The van der Waals surface area contributed by atoms with Crippen LogP contribution in [0.1, 0.15) is 5.82 Å². The molecule has 0 radical (unpaired) electrons. The smallest absolute Gasteiger partial charge is 0.336 e. The standard InChI is InChI=1S/C11H10ClN7O4S2/c1-5-14-9(17-11(15-5)23-3)16-10(20)19-25(21,22)18-7-6(12)4-24-8(7)13-2/h4,18H,1,3H3,(H2,14,15,16,17,19,20). The second-order valence-electron chi connectivity index (χ2n) is 4.23. The summed E-state index contributed by atoms with van der Waals surface area (Å²) in [5.41, 5.74) is -0.111. The number of urea groups is 1. The summed E-state index contributed by atoms with van der Waals surface area (Å²) < 4.78 is 32.5. The fourth-order valence-corrected chi connectivity index (χ4v) is 3.45. The third-order valence-electron chi connectivity index (χ3n) is 2.43. The van der Waals surface area contributed by atoms with Crippen molar-refractivity contribution in [1.82, 2.24) is 19.7 Å². The van der Waals surface area contributed by atoms with Gasteiger partial charge in [-0.3, -0.25) is 10.0 Å². The number of amides is 2. The Morgan fingerprint density at radius 1 is 1.40 bits per heavy atom. The van der Waals surface area contributed by atoms with Crippen LogP contribution in [0.15, 0.2) is 5.38 Å². The molecule has 0 unspecified atom stereocenters. The van der Waals surface area contributed by atoms with E-state index in [0.29, 0.717) is 0 Å². The molecule has 2 aromatic rings. The molecule has 25 heavy (non-hydrogen) atoms. The van der Waals surface area contributed by atoms with E-state index in [1.807, 2.05) is 4.72 Å². The molecule has 0 spiro atoms. The van der Waals surface area contributed by atoms with Gasteiger partial charge in [0, 0.05) is 0 Å². The minimum absolute atomic E-state index is 0.0358. The van der Waals surface area contributed by atoms with Gasteiger partial charge in [0.25, 0.3) is 5.00 Å². The van der Waals surface area contributed by atoms with Crippen LogP contribution >= 0.6 is 22.9 Å². The molecule has 2 aromatic heterocycles. The Hall–Kier alpha value is -2.69. The van der Waals surface area contributed by atoms with Crippen molar-refractivity contribution >= 4 is 55.8 Å². The lowest BCUT2D eigenvalue weighted by molar-refractivity contribution is 0.256. The van der Waals surface area contributed by atoms with Crippen LogP contribution in [-0.4, -0.2) is 36.5 Å². The number of halogens is 1. The number of methoxy groups -OCH3 is 1. The van der Waals surface area contributed by atoms with Crippen LogP contribution in [0.5, 0.6) is 6.01 Å². The van der Waals surface area contributed by atoms with E-state index in [4.69, 9.17) is 22.9 Å². The molecule has 0 saturated heterocycles. The first-order valence-electron chi connectivity index (χ1n) is 6.26. The molecule has 0 saturated carbocycles. The summed E-state index contributed by atoms with van der Waals surface area (Å²) in [7, 11) is -3.01. The number of rotatable bonds is 5. The van der Waals surface area contributed by atoms with Gasteiger partial charge in [-0.2, -0.15) is 34.7 Å². The number of nitrogens with one attached hydrogen (secondary N) is 3. The SMILES string of the molecule is [C-]#[N+]c1scc(Cl)c1NS(=O)(=O)NC(=O)Nc1nc(C)nc(OC)n1. The lowest BCUT2D eigenvalue weighted by Crippen LogP contribution is -2.38. The number of aromatic nitrogens is 3. The number of carbonyl (C=O) groups is 1. The molecule has 2 heterocycles. The minimum atomic E-state index is -4.34. The predicted molar refractivity (Wildman–Crippen MR) is 91.4 cm³/mol. The van der Waals surface area contributed by atoms with Gasteiger partial charge in [-0.15, -0.1) is 0 Å². The molecule has 0 aliphatic rings. The quantitative estimate of drug-likeness (QED) is 0.648. The zero-order chi connectivity index (χ0) is 18.6. The molecule has 132 valence electrons. The van der Waals surface area contributed by atoms with Gasteiger partial charge in [0.05, 0.1) is 24.4 Å². The molecule has 0 aliphatic heterocycles. The average molecular weight is 404 g/mol. The van der Waals surface area contributed by atoms with Crippen molar-refractivity contribution in [2.24, 2.45) is 0 Å². The summed E-state index contributed by atoms with van der Waals surface area (Å²) in [6.45, 7) is 8.50. The van der Waals surface area contributed by atoms with Crippen molar-refractivity contribution in [3.8, 4) is 6.01 Å². The van der Waals surface area contributed by atoms with E-state index in [1.54, 1.807) is 4.72 Å². The molecule has 0 aliphatic carbocycles. The van der Waals surface area contributed by atoms with Gasteiger partial charge in [-0.05, 0) is 12.3 Å². The van der Waals surface area contributed by atoms with Gasteiger partial charge in [0.15, 0.2) is 0 Å². The monoisotopic (exact) mass is 403 g/mol. The zero-order valence-electron chi connectivity index (χ0n) is 12.7. The van der Waals surface area contributed by atoms with Crippen molar-refractivity contribution in [2.75, 3.05) is 17.1 Å². The number of carbonyl (C=O) groups excluding carboxylic acids is 1. The van der Waals surface area contributed by atoms with E-state index >= 15 is 0 Å². The molecule has 0 atom stereocenters. The second kappa shape index (κ2) is 7.47. The number of hydrogen-bond donors (Lipinski definition) is 3. The Bertz CT molecular complexity index is 954. The summed E-state index contributed by atoms with van der Waals surface area (Å²) in [6.07, 6.45) is 0. The van der Waals surface area contributed by atoms with E-state index < -0.39 is 16.2 Å². The number of aryl methyl sites for hydroxylation is 1. The lowest BCUT2D eigenvalue weighted by Gasteiger charge is -2.10. The number of hydrogen-bond acceptors (Lipinski definition) is 8. The highest BCUT2D eigenvalue weighted by molar-refractivity contribution is 7.91. The van der Waals surface area contributed by atoms with Gasteiger partial charge in [-0.25, -0.2) is 14.4 Å². The molecule has 0 bridgehead atoms. The van der Waals surface area contributed by atoms with Crippen LogP contribution in [0.3, 0.4) is 0 Å². The number of thiophene rings is 1. The summed E-state index contributed by atoms with van der Waals surface area (Å²) in [5.74, 6) is 0.0577. The normalized spacial score (nSPS) is 10.6. The summed E-state index contributed by atoms with van der Waals surface area (Å²) >= 11 is 6.78. The molecule has 14 heteroatoms. The zero-order valence-corrected chi connectivity index (χ0v) is 15.1. The van der Waals surface area contributed by atoms with Crippen molar-refractivity contribution in [3.05, 3.63) is 27.6 Å². The molecular formula is C11H10ClN7O4S2. The van der Waals surface area contributed by atoms with Crippen molar-refractivity contribution in [1.29, 1.82) is 0 Å². The van der Waals surface area contributed by atoms with Crippen LogP contribution in [0.25, 0.3) is 4.85 Å². The largest absolute Gasteiger partial charge is 0.467 e. The first-order valence-corrected chi connectivity index (χ1v) is 9.01. The minimum Gasteiger partial charge on any atom is -0.467 e. The maximum absolute atomic E-state index is 12.0. The molecule has 0 aromatic carbocycles. The van der Waals surface area contributed by atoms with Crippen molar-refractivity contribution in [2.45, 2.75) is 6.92 Å². The number of anilines is 2. The van der Waals surface area contributed by atoms with Crippen LogP contribution in [0.4, 0.5) is 21.4 Å². The third kappa shape index (κ3) is 4.89. The first-order chi connectivity index (χ1) is 11.7. The lowest BCUT2D eigenvalue weighted by atomic mass is 10.5. The van der Waals surface area contributed by atoms with Crippen LogP contribution in [-0.2, 0) is 10.2 Å². The van der Waals surface area contributed by atoms with E-state index in [2.05, 4.69) is 25.1 Å². The maximum Gasteiger partial charge on any atom is 0.336 e. The highest BCUT2D eigenvalue weighted by atomic mass is 35.5. The summed E-state index contributed by atoms with van der Waals surface area (Å²) in [4.78, 5) is 26.4. The Kier molecular flexibility index (Phi) is 5.57. The van der Waals surface area contributed by atoms with Crippen molar-refractivity contribution in [3.63, 3.8) is 0 Å². The Morgan fingerprint density at radius 2 is 2.12 bits per heavy atom. The number of ether oxygens (including phenoxy) is 1. The Balaban J connectivity index is 2.10. The molecule has 2 rings (SSSR count). The molecule has 3 N–H and O–H groups in total. The Labute approximate surface area is 151 Å². The number of nitrogens with zero attached hydrogens (tertiary/aromatic N) is 4. The van der Waals surface area contributed by atoms with Crippen molar-refractivity contribution < 1.29 is 17.9 Å². The maximum atomic E-state index is 12.0. The highest BCUT2D eigenvalue weighted by Crippen LogP contribution is 2.39.